The summed E-state index contributed by atoms with van der Waals surface area (Å²) in [4.78, 5) is 0. The summed E-state index contributed by atoms with van der Waals surface area (Å²) >= 11 is 0. The van der Waals surface area contributed by atoms with Crippen molar-refractivity contribution < 1.29 is 0 Å². The van der Waals surface area contributed by atoms with Crippen molar-refractivity contribution in [3.63, 3.8) is 0 Å². The third-order valence-electron chi connectivity index (χ3n) is 3.75. The molecule has 1 aliphatic rings. The fourth-order valence-electron chi connectivity index (χ4n) is 2.75. The van der Waals surface area contributed by atoms with Crippen molar-refractivity contribution in [3.05, 3.63) is 34.8 Å². The van der Waals surface area contributed by atoms with E-state index in [0.717, 1.165) is 6.54 Å². The number of para-hydroxylation sites is 1. The SMILES string of the molecule is CCn1c2c(c3ccccc31)=CC(N)C(C)C=2. The second-order valence-corrected chi connectivity index (χ2v) is 4.83. The molecule has 2 heteroatoms. The minimum Gasteiger partial charge on any atom is -0.341 e. The molecule has 0 saturated heterocycles. The molecule has 1 aromatic carbocycles. The van der Waals surface area contributed by atoms with Crippen molar-refractivity contribution in [1.82, 2.24) is 4.57 Å². The van der Waals surface area contributed by atoms with Gasteiger partial charge >= 0.3 is 0 Å². The van der Waals surface area contributed by atoms with Crippen LogP contribution in [-0.2, 0) is 6.54 Å². The molecule has 1 heterocycles. The fraction of sp³-hybridized carbons (Fsp3) is 0.333. The molecule has 0 amide bonds. The number of benzene rings is 1. The molecule has 0 fully saturated rings. The Hall–Kier alpha value is -1.54. The van der Waals surface area contributed by atoms with Gasteiger partial charge in [0.05, 0.1) is 0 Å². The van der Waals surface area contributed by atoms with Gasteiger partial charge in [0.1, 0.15) is 0 Å². The molecule has 0 bridgehead atoms. The largest absolute Gasteiger partial charge is 0.341 e. The Bertz CT molecular complexity index is 679. The average molecular weight is 226 g/mol. The third-order valence-corrected chi connectivity index (χ3v) is 3.75. The van der Waals surface area contributed by atoms with Crippen molar-refractivity contribution in [1.29, 1.82) is 0 Å². The minimum absolute atomic E-state index is 0.138. The monoisotopic (exact) mass is 226 g/mol. The zero-order valence-electron chi connectivity index (χ0n) is 10.4. The normalized spacial score (nSPS) is 23.0. The van der Waals surface area contributed by atoms with Crippen LogP contribution in [0.2, 0.25) is 0 Å². The van der Waals surface area contributed by atoms with E-state index in [9.17, 15) is 0 Å². The Morgan fingerprint density at radius 2 is 2.00 bits per heavy atom. The highest BCUT2D eigenvalue weighted by molar-refractivity contribution is 5.83. The predicted molar refractivity (Wildman–Crippen MR) is 72.9 cm³/mol. The van der Waals surface area contributed by atoms with Crippen LogP contribution in [0.4, 0.5) is 0 Å². The van der Waals surface area contributed by atoms with Crippen LogP contribution in [-0.4, -0.2) is 10.6 Å². The first kappa shape index (κ1) is 10.6. The molecule has 1 aromatic heterocycles. The fourth-order valence-corrected chi connectivity index (χ4v) is 2.75. The van der Waals surface area contributed by atoms with E-state index in [1.807, 2.05) is 0 Å². The van der Waals surface area contributed by atoms with Crippen LogP contribution < -0.4 is 16.3 Å². The number of fused-ring (bicyclic) bond motifs is 3. The predicted octanol–water partition coefficient (Wildman–Crippen LogP) is 1.20. The Balaban J connectivity index is 2.53. The number of nitrogens with zero attached hydrogens (tertiary/aromatic N) is 1. The van der Waals surface area contributed by atoms with Gasteiger partial charge in [-0.05, 0) is 18.9 Å². The highest BCUT2D eigenvalue weighted by atomic mass is 15.0. The van der Waals surface area contributed by atoms with Gasteiger partial charge in [-0.2, -0.15) is 0 Å². The number of rotatable bonds is 1. The summed E-state index contributed by atoms with van der Waals surface area (Å²) < 4.78 is 2.38. The van der Waals surface area contributed by atoms with Crippen LogP contribution in [0.3, 0.4) is 0 Å². The van der Waals surface area contributed by atoms with Crippen LogP contribution >= 0.6 is 0 Å². The van der Waals surface area contributed by atoms with Gasteiger partial charge in [-0.3, -0.25) is 0 Å². The number of aromatic nitrogens is 1. The lowest BCUT2D eigenvalue weighted by atomic mass is 9.97. The zero-order valence-corrected chi connectivity index (χ0v) is 10.4. The number of nitrogens with two attached hydrogens (primary N) is 1. The summed E-state index contributed by atoms with van der Waals surface area (Å²) in [6, 6.07) is 8.71. The molecule has 88 valence electrons. The number of hydrogen-bond acceptors (Lipinski definition) is 1. The minimum atomic E-state index is 0.138. The van der Waals surface area contributed by atoms with Crippen molar-refractivity contribution in [2.75, 3.05) is 0 Å². The summed E-state index contributed by atoms with van der Waals surface area (Å²) in [6.07, 6.45) is 4.53. The summed E-state index contributed by atoms with van der Waals surface area (Å²) in [5.41, 5.74) is 7.45. The van der Waals surface area contributed by atoms with E-state index >= 15 is 0 Å². The molecule has 3 rings (SSSR count). The zero-order chi connectivity index (χ0) is 12.0. The molecule has 2 aromatic rings. The highest BCUT2D eigenvalue weighted by Gasteiger charge is 2.15. The summed E-state index contributed by atoms with van der Waals surface area (Å²) in [5, 5.41) is 3.97. The van der Waals surface area contributed by atoms with E-state index in [4.69, 9.17) is 5.73 Å². The van der Waals surface area contributed by atoms with Crippen molar-refractivity contribution >= 4 is 23.1 Å². The van der Waals surface area contributed by atoms with Crippen molar-refractivity contribution in [2.24, 2.45) is 11.7 Å². The molecule has 2 nitrogen and oxygen atoms in total. The highest BCUT2D eigenvalue weighted by Crippen LogP contribution is 2.12. The lowest BCUT2D eigenvalue weighted by Gasteiger charge is -2.15. The van der Waals surface area contributed by atoms with E-state index in [-0.39, 0.29) is 6.04 Å². The molecule has 17 heavy (non-hydrogen) atoms. The standard InChI is InChI=1S/C15H18N2/c1-3-17-14-7-5-4-6-11(14)12-9-13(16)10(2)8-15(12)17/h4-10,13H,3,16H2,1-2H3. The molecule has 1 aliphatic carbocycles. The van der Waals surface area contributed by atoms with Crippen LogP contribution in [0.15, 0.2) is 24.3 Å². The Morgan fingerprint density at radius 1 is 1.24 bits per heavy atom. The van der Waals surface area contributed by atoms with Crippen LogP contribution in [0.1, 0.15) is 13.8 Å². The van der Waals surface area contributed by atoms with Gasteiger partial charge in [0, 0.05) is 34.1 Å². The first-order valence-electron chi connectivity index (χ1n) is 6.29. The smallest absolute Gasteiger partial charge is 0.0491 e. The molecule has 2 N–H and O–H groups in total. The second-order valence-electron chi connectivity index (χ2n) is 4.83. The second kappa shape index (κ2) is 3.74. The summed E-state index contributed by atoms with van der Waals surface area (Å²) in [7, 11) is 0. The van der Waals surface area contributed by atoms with Gasteiger partial charge < -0.3 is 10.3 Å². The molecule has 2 atom stereocenters. The van der Waals surface area contributed by atoms with Crippen molar-refractivity contribution in [2.45, 2.75) is 26.4 Å². The maximum absolute atomic E-state index is 6.14. The quantitative estimate of drug-likeness (QED) is 0.778. The third kappa shape index (κ3) is 1.44. The summed E-state index contributed by atoms with van der Waals surface area (Å²) in [6.45, 7) is 5.38. The topological polar surface area (TPSA) is 30.9 Å². The van der Waals surface area contributed by atoms with E-state index in [1.165, 1.54) is 21.5 Å². The van der Waals surface area contributed by atoms with Gasteiger partial charge in [-0.15, -0.1) is 0 Å². The molecule has 0 aliphatic heterocycles. The van der Waals surface area contributed by atoms with E-state index in [0.29, 0.717) is 5.92 Å². The van der Waals surface area contributed by atoms with Gasteiger partial charge in [0.25, 0.3) is 0 Å². The Morgan fingerprint density at radius 3 is 2.76 bits per heavy atom. The first-order valence-corrected chi connectivity index (χ1v) is 6.29. The van der Waals surface area contributed by atoms with E-state index < -0.39 is 0 Å². The van der Waals surface area contributed by atoms with Gasteiger partial charge in [0.15, 0.2) is 0 Å². The maximum Gasteiger partial charge on any atom is 0.0491 e. The van der Waals surface area contributed by atoms with E-state index in [1.54, 1.807) is 0 Å². The van der Waals surface area contributed by atoms with E-state index in [2.05, 4.69) is 54.8 Å². The van der Waals surface area contributed by atoms with Crippen molar-refractivity contribution in [3.8, 4) is 0 Å². The average Bonchev–Trinajstić information content (AvgIpc) is 2.63. The summed E-state index contributed by atoms with van der Waals surface area (Å²) in [5.74, 6) is 0.414. The van der Waals surface area contributed by atoms with Gasteiger partial charge in [0.2, 0.25) is 0 Å². The first-order chi connectivity index (χ1) is 8.22. The molecule has 0 saturated carbocycles. The van der Waals surface area contributed by atoms with Crippen LogP contribution in [0.5, 0.6) is 0 Å². The number of hydrogen-bond donors (Lipinski definition) is 1. The molecular weight excluding hydrogens is 208 g/mol. The molecule has 2 unspecified atom stereocenters. The van der Waals surface area contributed by atoms with Crippen LogP contribution in [0, 0.1) is 5.92 Å². The number of aryl methyl sites for hydroxylation is 1. The van der Waals surface area contributed by atoms with Gasteiger partial charge in [-0.25, -0.2) is 0 Å². The van der Waals surface area contributed by atoms with Gasteiger partial charge in [-0.1, -0.05) is 37.3 Å². The van der Waals surface area contributed by atoms with Crippen LogP contribution in [0.25, 0.3) is 23.1 Å². The molecular formula is C15H18N2. The lowest BCUT2D eigenvalue weighted by molar-refractivity contribution is 0.667. The maximum atomic E-state index is 6.14. The molecule has 0 spiro atoms. The Kier molecular flexibility index (Phi) is 2.33. The molecule has 0 radical (unpaired) electrons. The Labute approximate surface area is 101 Å². The lowest BCUT2D eigenvalue weighted by Crippen LogP contribution is -2.40.